The summed E-state index contributed by atoms with van der Waals surface area (Å²) in [6.07, 6.45) is -4.72. The maximum Gasteiger partial charge on any atom is 0.471 e. The second-order valence-corrected chi connectivity index (χ2v) is 5.13. The molecule has 8 nitrogen and oxygen atoms in total. The van der Waals surface area contributed by atoms with Crippen LogP contribution in [0, 0.1) is 0 Å². The molecule has 1 aromatic carbocycles. The number of hydrogen-bond donors (Lipinski definition) is 1. The molecule has 0 unspecified atom stereocenters. The molecule has 0 radical (unpaired) electrons. The Morgan fingerprint density at radius 2 is 1.89 bits per heavy atom. The van der Waals surface area contributed by atoms with Gasteiger partial charge in [0.1, 0.15) is 6.61 Å². The standard InChI is InChI=1S/C16H16F3N3O5/c1-2-25-7-8-26-14(24)13(23)20-9-10-3-5-11(6-4-10)12-21-15(27-22-12)16(17,18)19/h3-6H,2,7-9H2,1H3,(H,20,23). The highest BCUT2D eigenvalue weighted by Gasteiger charge is 2.38. The molecule has 0 aliphatic heterocycles. The summed E-state index contributed by atoms with van der Waals surface area (Å²) in [6, 6.07) is 6.01. The van der Waals surface area contributed by atoms with E-state index in [1.807, 2.05) is 0 Å². The monoisotopic (exact) mass is 387 g/mol. The number of benzene rings is 1. The van der Waals surface area contributed by atoms with Crippen LogP contribution in [0.1, 0.15) is 18.4 Å². The number of carbonyl (C=O) groups excluding carboxylic acids is 2. The Hall–Kier alpha value is -2.95. The molecule has 0 aliphatic carbocycles. The van der Waals surface area contributed by atoms with Gasteiger partial charge in [0.05, 0.1) is 6.61 Å². The van der Waals surface area contributed by atoms with Crippen molar-refractivity contribution < 1.29 is 36.8 Å². The van der Waals surface area contributed by atoms with Gasteiger partial charge in [-0.25, -0.2) is 4.79 Å². The molecular formula is C16H16F3N3O5. The third kappa shape index (κ3) is 6.06. The summed E-state index contributed by atoms with van der Waals surface area (Å²) in [5.41, 5.74) is 0.911. The van der Waals surface area contributed by atoms with Crippen LogP contribution in [0.15, 0.2) is 28.8 Å². The first-order chi connectivity index (χ1) is 12.8. The van der Waals surface area contributed by atoms with Crippen molar-refractivity contribution in [1.29, 1.82) is 0 Å². The maximum atomic E-state index is 12.5. The molecule has 0 atom stereocenters. The number of alkyl halides is 3. The van der Waals surface area contributed by atoms with E-state index in [0.717, 1.165) is 0 Å². The summed E-state index contributed by atoms with van der Waals surface area (Å²) in [5, 5.41) is 5.64. The highest BCUT2D eigenvalue weighted by atomic mass is 19.4. The lowest BCUT2D eigenvalue weighted by Crippen LogP contribution is -2.32. The minimum atomic E-state index is -4.72. The van der Waals surface area contributed by atoms with Crippen LogP contribution in [-0.4, -0.2) is 41.8 Å². The summed E-state index contributed by atoms with van der Waals surface area (Å²) in [6.45, 7) is 2.46. The molecule has 0 fully saturated rings. The number of carbonyl (C=O) groups is 2. The molecule has 1 amide bonds. The van der Waals surface area contributed by atoms with E-state index >= 15 is 0 Å². The van der Waals surface area contributed by atoms with Crippen LogP contribution < -0.4 is 5.32 Å². The van der Waals surface area contributed by atoms with Crippen molar-refractivity contribution in [1.82, 2.24) is 15.5 Å². The van der Waals surface area contributed by atoms with Gasteiger partial charge in [0.25, 0.3) is 0 Å². The molecule has 0 saturated carbocycles. The number of rotatable bonds is 7. The average molecular weight is 387 g/mol. The summed E-state index contributed by atoms with van der Waals surface area (Å²) in [4.78, 5) is 26.3. The van der Waals surface area contributed by atoms with E-state index in [9.17, 15) is 22.8 Å². The molecule has 2 aromatic rings. The van der Waals surface area contributed by atoms with Gasteiger partial charge in [0.15, 0.2) is 0 Å². The molecule has 1 heterocycles. The van der Waals surface area contributed by atoms with Crippen molar-refractivity contribution in [2.45, 2.75) is 19.6 Å². The van der Waals surface area contributed by atoms with E-state index in [-0.39, 0.29) is 25.6 Å². The van der Waals surface area contributed by atoms with Crippen LogP contribution in [0.5, 0.6) is 0 Å². The predicted octanol–water partition coefficient (Wildman–Crippen LogP) is 1.95. The molecule has 1 N–H and O–H groups in total. The van der Waals surface area contributed by atoms with Gasteiger partial charge in [-0.15, -0.1) is 0 Å². The fourth-order valence-electron chi connectivity index (χ4n) is 1.89. The Balaban J connectivity index is 1.86. The van der Waals surface area contributed by atoms with E-state index in [2.05, 4.69) is 20.0 Å². The van der Waals surface area contributed by atoms with Crippen LogP contribution in [-0.2, 0) is 31.8 Å². The van der Waals surface area contributed by atoms with Gasteiger partial charge in [-0.2, -0.15) is 18.2 Å². The van der Waals surface area contributed by atoms with Gasteiger partial charge in [0.2, 0.25) is 5.82 Å². The maximum absolute atomic E-state index is 12.5. The molecule has 11 heteroatoms. The number of hydrogen-bond acceptors (Lipinski definition) is 7. The van der Waals surface area contributed by atoms with Crippen molar-refractivity contribution in [3.8, 4) is 11.4 Å². The van der Waals surface area contributed by atoms with E-state index in [1.54, 1.807) is 19.1 Å². The van der Waals surface area contributed by atoms with Crippen molar-refractivity contribution in [2.75, 3.05) is 19.8 Å². The average Bonchev–Trinajstić information content (AvgIpc) is 3.14. The second-order valence-electron chi connectivity index (χ2n) is 5.13. The number of halogens is 3. The first kappa shape index (κ1) is 20.4. The summed E-state index contributed by atoms with van der Waals surface area (Å²) in [7, 11) is 0. The van der Waals surface area contributed by atoms with Crippen molar-refractivity contribution in [3.63, 3.8) is 0 Å². The smallest absolute Gasteiger partial charge is 0.456 e. The molecule has 0 bridgehead atoms. The van der Waals surface area contributed by atoms with Gasteiger partial charge in [-0.3, -0.25) is 4.79 Å². The van der Waals surface area contributed by atoms with E-state index in [1.165, 1.54) is 12.1 Å². The number of nitrogens with one attached hydrogen (secondary N) is 1. The molecule has 1 aromatic heterocycles. The summed E-state index contributed by atoms with van der Waals surface area (Å²) < 4.78 is 51.2. The first-order valence-electron chi connectivity index (χ1n) is 7.84. The SMILES string of the molecule is CCOCCOC(=O)C(=O)NCc1ccc(-c2noc(C(F)(F)F)n2)cc1. The summed E-state index contributed by atoms with van der Waals surface area (Å²) in [5.74, 6) is -3.59. The zero-order chi connectivity index (χ0) is 19.9. The van der Waals surface area contributed by atoms with Crippen molar-refractivity contribution in [2.24, 2.45) is 0 Å². The minimum absolute atomic E-state index is 0.0275. The van der Waals surface area contributed by atoms with Crippen LogP contribution >= 0.6 is 0 Å². The molecular weight excluding hydrogens is 371 g/mol. The molecule has 0 aliphatic rings. The van der Waals surface area contributed by atoms with Crippen molar-refractivity contribution >= 4 is 11.9 Å². The molecule has 0 spiro atoms. The number of nitrogens with zero attached hydrogens (tertiary/aromatic N) is 2. The highest BCUT2D eigenvalue weighted by Crippen LogP contribution is 2.29. The Bertz CT molecular complexity index is 774. The molecule has 2 rings (SSSR count). The van der Waals surface area contributed by atoms with Gasteiger partial charge < -0.3 is 19.3 Å². The molecule has 146 valence electrons. The Morgan fingerprint density at radius 1 is 1.19 bits per heavy atom. The predicted molar refractivity (Wildman–Crippen MR) is 84.0 cm³/mol. The minimum Gasteiger partial charge on any atom is -0.456 e. The first-order valence-corrected chi connectivity index (χ1v) is 7.84. The number of esters is 1. The van der Waals surface area contributed by atoms with Gasteiger partial charge in [0, 0.05) is 18.7 Å². The van der Waals surface area contributed by atoms with Crippen LogP contribution in [0.4, 0.5) is 13.2 Å². The van der Waals surface area contributed by atoms with Gasteiger partial charge in [-0.1, -0.05) is 29.4 Å². The fraction of sp³-hybridized carbons (Fsp3) is 0.375. The van der Waals surface area contributed by atoms with Gasteiger partial charge in [-0.05, 0) is 12.5 Å². The van der Waals surface area contributed by atoms with Gasteiger partial charge >= 0.3 is 23.9 Å². The highest BCUT2D eigenvalue weighted by molar-refractivity contribution is 6.32. The number of aromatic nitrogens is 2. The number of ether oxygens (including phenoxy) is 2. The topological polar surface area (TPSA) is 104 Å². The molecule has 27 heavy (non-hydrogen) atoms. The largest absolute Gasteiger partial charge is 0.471 e. The Morgan fingerprint density at radius 3 is 2.48 bits per heavy atom. The summed E-state index contributed by atoms with van der Waals surface area (Å²) >= 11 is 0. The third-order valence-corrected chi connectivity index (χ3v) is 3.18. The van der Waals surface area contributed by atoms with Crippen LogP contribution in [0.25, 0.3) is 11.4 Å². The molecule has 0 saturated heterocycles. The zero-order valence-electron chi connectivity index (χ0n) is 14.2. The second kappa shape index (κ2) is 9.12. The Kier molecular flexibility index (Phi) is 6.88. The van der Waals surface area contributed by atoms with E-state index < -0.39 is 23.9 Å². The van der Waals surface area contributed by atoms with E-state index in [0.29, 0.717) is 17.7 Å². The Labute approximate surface area is 151 Å². The fourth-order valence-corrected chi connectivity index (χ4v) is 1.89. The van der Waals surface area contributed by atoms with Crippen molar-refractivity contribution in [3.05, 3.63) is 35.7 Å². The quantitative estimate of drug-likeness (QED) is 0.440. The lowest BCUT2D eigenvalue weighted by atomic mass is 10.1. The third-order valence-electron chi connectivity index (χ3n) is 3.18. The zero-order valence-corrected chi connectivity index (χ0v) is 14.2. The normalized spacial score (nSPS) is 11.3. The lowest BCUT2D eigenvalue weighted by molar-refractivity contribution is -0.159. The van der Waals surface area contributed by atoms with Crippen LogP contribution in [0.3, 0.4) is 0 Å². The lowest BCUT2D eigenvalue weighted by Gasteiger charge is -2.06. The van der Waals surface area contributed by atoms with E-state index in [4.69, 9.17) is 9.47 Å². The number of amides is 1. The van der Waals surface area contributed by atoms with Crippen LogP contribution in [0.2, 0.25) is 0 Å².